The molecule has 1 N–H and O–H groups in total. The third-order valence-corrected chi connectivity index (χ3v) is 4.76. The van der Waals surface area contributed by atoms with Crippen LogP contribution in [0.3, 0.4) is 0 Å². The van der Waals surface area contributed by atoms with E-state index in [1.165, 1.54) is 5.56 Å². The largest absolute Gasteiger partial charge is 0.550 e. The average molecular weight is 396 g/mol. The number of aliphatic carboxylic acids is 1. The summed E-state index contributed by atoms with van der Waals surface area (Å²) in [6.07, 6.45) is 9.14. The van der Waals surface area contributed by atoms with Gasteiger partial charge in [-0.3, -0.25) is 0 Å². The monoisotopic (exact) mass is 395 g/mol. The van der Waals surface area contributed by atoms with E-state index >= 15 is 0 Å². The number of ether oxygens (including phenoxy) is 1. The first kappa shape index (κ1) is 22.7. The summed E-state index contributed by atoms with van der Waals surface area (Å²) in [6, 6.07) is 18.3. The quantitative estimate of drug-likeness (QED) is 0.488. The fourth-order valence-electron chi connectivity index (χ4n) is 3.12. The van der Waals surface area contributed by atoms with Crippen LogP contribution in [-0.2, 0) is 11.2 Å². The minimum absolute atomic E-state index is 0.0401. The molecule has 0 fully saturated rings. The van der Waals surface area contributed by atoms with Gasteiger partial charge >= 0.3 is 0 Å². The number of benzene rings is 2. The van der Waals surface area contributed by atoms with Crippen molar-refractivity contribution in [1.82, 2.24) is 0 Å². The summed E-state index contributed by atoms with van der Waals surface area (Å²) in [6.45, 7) is 0.672. The zero-order chi connectivity index (χ0) is 20.7. The number of carboxylic acid groups (broad SMARTS) is 1. The first-order valence-electron chi connectivity index (χ1n) is 10.5. The summed E-state index contributed by atoms with van der Waals surface area (Å²) < 4.78 is 5.94. The lowest BCUT2D eigenvalue weighted by atomic mass is 10.1. The van der Waals surface area contributed by atoms with E-state index < -0.39 is 12.1 Å². The van der Waals surface area contributed by atoms with Crippen molar-refractivity contribution in [2.24, 2.45) is 0 Å². The van der Waals surface area contributed by atoms with E-state index in [9.17, 15) is 15.0 Å². The van der Waals surface area contributed by atoms with Crippen LogP contribution in [0.2, 0.25) is 0 Å². The predicted octanol–water partition coefficient (Wildman–Crippen LogP) is 4.16. The molecule has 1 atom stereocenters. The first-order chi connectivity index (χ1) is 14.1. The number of unbranched alkanes of at least 4 members (excludes halogenated alkanes) is 3. The van der Waals surface area contributed by atoms with Crippen molar-refractivity contribution in [3.63, 3.8) is 0 Å². The summed E-state index contributed by atoms with van der Waals surface area (Å²) in [4.78, 5) is 10.4. The molecule has 2 aromatic carbocycles. The number of carboxylic acids is 1. The Morgan fingerprint density at radius 2 is 1.72 bits per heavy atom. The topological polar surface area (TPSA) is 69.6 Å². The van der Waals surface area contributed by atoms with E-state index in [4.69, 9.17) is 4.74 Å². The van der Waals surface area contributed by atoms with Gasteiger partial charge in [-0.1, -0.05) is 67.1 Å². The Kier molecular flexibility index (Phi) is 10.6. The minimum Gasteiger partial charge on any atom is -0.550 e. The van der Waals surface area contributed by atoms with Gasteiger partial charge in [0.05, 0.1) is 12.7 Å². The molecule has 2 rings (SSSR count). The zero-order valence-electron chi connectivity index (χ0n) is 17.0. The standard InChI is InChI=1S/C25H32O4/c26-23(15-7-9-17-25(27)28)19-18-22-14-6-8-16-24(22)29-20-10-2-5-13-21-11-3-1-4-12-21/h1,3-4,6,8,11-12,14,16,18-19,23,26H,2,5,7,9-10,13,15,17,20H2,(H,27,28)/p-1/b19-18+. The molecule has 0 spiro atoms. The number of carbonyl (C=O) groups is 1. The number of para-hydroxylation sites is 1. The maximum Gasteiger partial charge on any atom is 0.126 e. The van der Waals surface area contributed by atoms with Gasteiger partial charge in [-0.2, -0.15) is 0 Å². The minimum atomic E-state index is -1.04. The second kappa shape index (κ2) is 13.6. The Bertz CT molecular complexity index is 739. The normalized spacial score (nSPS) is 12.2. The van der Waals surface area contributed by atoms with Crippen LogP contribution in [0.15, 0.2) is 60.7 Å². The molecule has 0 radical (unpaired) electrons. The fourth-order valence-corrected chi connectivity index (χ4v) is 3.12. The van der Waals surface area contributed by atoms with E-state index in [0.29, 0.717) is 25.9 Å². The number of rotatable bonds is 14. The third-order valence-electron chi connectivity index (χ3n) is 4.76. The van der Waals surface area contributed by atoms with Crippen molar-refractivity contribution >= 4 is 12.0 Å². The lowest BCUT2D eigenvalue weighted by Gasteiger charge is -2.10. The van der Waals surface area contributed by atoms with Crippen LogP contribution >= 0.6 is 0 Å². The van der Waals surface area contributed by atoms with Crippen LogP contribution in [0.1, 0.15) is 56.1 Å². The van der Waals surface area contributed by atoms with E-state index in [-0.39, 0.29) is 6.42 Å². The van der Waals surface area contributed by atoms with E-state index in [1.54, 1.807) is 6.08 Å². The maximum atomic E-state index is 10.4. The molecule has 0 saturated heterocycles. The predicted molar refractivity (Wildman–Crippen MR) is 114 cm³/mol. The first-order valence-corrected chi connectivity index (χ1v) is 10.5. The highest BCUT2D eigenvalue weighted by molar-refractivity contribution is 5.64. The summed E-state index contributed by atoms with van der Waals surface area (Å²) in [7, 11) is 0. The molecule has 0 aromatic heterocycles. The molecule has 0 saturated carbocycles. The summed E-state index contributed by atoms with van der Waals surface area (Å²) in [5.41, 5.74) is 2.31. The molecule has 4 heteroatoms. The molecule has 0 aliphatic rings. The van der Waals surface area contributed by atoms with Gasteiger partial charge in [0, 0.05) is 11.5 Å². The molecule has 29 heavy (non-hydrogen) atoms. The van der Waals surface area contributed by atoms with Crippen LogP contribution < -0.4 is 9.84 Å². The van der Waals surface area contributed by atoms with Crippen molar-refractivity contribution in [1.29, 1.82) is 0 Å². The summed E-state index contributed by atoms with van der Waals surface area (Å²) >= 11 is 0. The van der Waals surface area contributed by atoms with E-state index in [0.717, 1.165) is 37.0 Å². The lowest BCUT2D eigenvalue weighted by Crippen LogP contribution is -2.21. The summed E-state index contributed by atoms with van der Waals surface area (Å²) in [5, 5.41) is 20.4. The van der Waals surface area contributed by atoms with Gasteiger partial charge in [-0.05, 0) is 56.6 Å². The molecular weight excluding hydrogens is 364 g/mol. The zero-order valence-corrected chi connectivity index (χ0v) is 17.0. The Hall–Kier alpha value is -2.59. The highest BCUT2D eigenvalue weighted by Crippen LogP contribution is 2.21. The van der Waals surface area contributed by atoms with Crippen molar-refractivity contribution in [2.45, 2.75) is 57.5 Å². The average Bonchev–Trinajstić information content (AvgIpc) is 2.73. The number of aliphatic hydroxyl groups excluding tert-OH is 1. The number of aryl methyl sites for hydroxylation is 1. The van der Waals surface area contributed by atoms with Crippen LogP contribution in [0.4, 0.5) is 0 Å². The van der Waals surface area contributed by atoms with E-state index in [2.05, 4.69) is 24.3 Å². The van der Waals surface area contributed by atoms with Crippen LogP contribution in [-0.4, -0.2) is 23.8 Å². The van der Waals surface area contributed by atoms with Gasteiger partial charge in [0.2, 0.25) is 0 Å². The summed E-state index contributed by atoms with van der Waals surface area (Å²) in [5.74, 6) is -0.225. The molecule has 4 nitrogen and oxygen atoms in total. The molecule has 0 aliphatic heterocycles. The van der Waals surface area contributed by atoms with Gasteiger partial charge in [0.25, 0.3) is 0 Å². The van der Waals surface area contributed by atoms with Gasteiger partial charge in [0.1, 0.15) is 5.75 Å². The SMILES string of the molecule is O=C([O-])CCCCC(O)/C=C/c1ccccc1OCCCCCc1ccccc1. The van der Waals surface area contributed by atoms with Crippen LogP contribution in [0.25, 0.3) is 6.08 Å². The molecule has 0 heterocycles. The number of hydrogen-bond donors (Lipinski definition) is 1. The van der Waals surface area contributed by atoms with Gasteiger partial charge < -0.3 is 19.7 Å². The Balaban J connectivity index is 1.68. The molecule has 0 bridgehead atoms. The van der Waals surface area contributed by atoms with Crippen molar-refractivity contribution in [3.8, 4) is 5.75 Å². The van der Waals surface area contributed by atoms with Crippen molar-refractivity contribution in [2.75, 3.05) is 6.61 Å². The van der Waals surface area contributed by atoms with Gasteiger partial charge in [-0.25, -0.2) is 0 Å². The number of hydrogen-bond acceptors (Lipinski definition) is 4. The molecule has 0 aliphatic carbocycles. The molecule has 1 unspecified atom stereocenters. The van der Waals surface area contributed by atoms with Crippen LogP contribution in [0.5, 0.6) is 5.75 Å². The van der Waals surface area contributed by atoms with Gasteiger partial charge in [0.15, 0.2) is 0 Å². The van der Waals surface area contributed by atoms with Crippen molar-refractivity contribution in [3.05, 3.63) is 71.8 Å². The smallest absolute Gasteiger partial charge is 0.126 e. The number of aliphatic hydroxyl groups is 1. The van der Waals surface area contributed by atoms with Crippen molar-refractivity contribution < 1.29 is 19.7 Å². The molecule has 156 valence electrons. The lowest BCUT2D eigenvalue weighted by molar-refractivity contribution is -0.305. The second-order valence-corrected chi connectivity index (χ2v) is 7.23. The van der Waals surface area contributed by atoms with E-state index in [1.807, 2.05) is 36.4 Å². The van der Waals surface area contributed by atoms with Crippen LogP contribution in [0, 0.1) is 0 Å². The fraction of sp³-hybridized carbons (Fsp3) is 0.400. The molecule has 0 amide bonds. The highest BCUT2D eigenvalue weighted by atomic mass is 16.5. The Labute approximate surface area is 173 Å². The highest BCUT2D eigenvalue weighted by Gasteiger charge is 2.03. The Morgan fingerprint density at radius 1 is 0.966 bits per heavy atom. The Morgan fingerprint density at radius 3 is 2.52 bits per heavy atom. The maximum absolute atomic E-state index is 10.4. The molecular formula is C25H31O4-. The third kappa shape index (κ3) is 9.95. The molecule has 2 aromatic rings. The second-order valence-electron chi connectivity index (χ2n) is 7.23. The number of carbonyl (C=O) groups excluding carboxylic acids is 1. The van der Waals surface area contributed by atoms with Gasteiger partial charge in [-0.15, -0.1) is 0 Å².